The summed E-state index contributed by atoms with van der Waals surface area (Å²) in [6.07, 6.45) is 0.117. The van der Waals surface area contributed by atoms with Crippen LogP contribution in [0.4, 0.5) is 0 Å². The van der Waals surface area contributed by atoms with Gasteiger partial charge >= 0.3 is 0 Å². The highest BCUT2D eigenvalue weighted by atomic mass is 35.6. The van der Waals surface area contributed by atoms with Crippen molar-refractivity contribution in [2.45, 2.75) is 29.7 Å². The second kappa shape index (κ2) is 7.65. The first kappa shape index (κ1) is 18.3. The van der Waals surface area contributed by atoms with E-state index in [1.165, 1.54) is 0 Å². The monoisotopic (exact) mass is 372 g/mol. The van der Waals surface area contributed by atoms with Crippen molar-refractivity contribution in [1.82, 2.24) is 0 Å². The topological polar surface area (TPSA) is 18.5 Å². The number of methoxy groups -OCH3 is 1. The summed E-state index contributed by atoms with van der Waals surface area (Å²) < 4.78 is 9.37. The summed E-state index contributed by atoms with van der Waals surface area (Å²) in [5, 5.41) is 0. The van der Waals surface area contributed by atoms with Crippen molar-refractivity contribution in [1.29, 1.82) is 0 Å². The highest BCUT2D eigenvalue weighted by Crippen LogP contribution is 2.46. The Morgan fingerprint density at radius 3 is 1.57 bits per heavy atom. The van der Waals surface area contributed by atoms with E-state index >= 15 is 0 Å². The van der Waals surface area contributed by atoms with Crippen LogP contribution in [0.3, 0.4) is 0 Å². The molecule has 1 atom stereocenters. The normalized spacial score (nSPS) is 13.0. The molecule has 0 spiro atoms. The van der Waals surface area contributed by atoms with E-state index in [2.05, 4.69) is 0 Å². The van der Waals surface area contributed by atoms with Gasteiger partial charge in [-0.1, -0.05) is 59.1 Å². The van der Waals surface area contributed by atoms with Gasteiger partial charge < -0.3 is 9.47 Å². The quantitative estimate of drug-likeness (QED) is 0.600. The Morgan fingerprint density at radius 2 is 1.22 bits per heavy atom. The van der Waals surface area contributed by atoms with Gasteiger partial charge in [0.25, 0.3) is 0 Å². The van der Waals surface area contributed by atoms with Crippen LogP contribution in [0.2, 0.25) is 0 Å². The third kappa shape index (κ3) is 4.94. The van der Waals surface area contributed by atoms with E-state index in [1.54, 1.807) is 7.11 Å². The Hall–Kier alpha value is -1.09. The fourth-order valence-electron chi connectivity index (χ4n) is 2.38. The maximum Gasteiger partial charge on any atom is 0.201 e. The van der Waals surface area contributed by atoms with Crippen LogP contribution in [-0.2, 0) is 0 Å². The lowest BCUT2D eigenvalue weighted by Crippen LogP contribution is -2.18. The van der Waals surface area contributed by atoms with Crippen LogP contribution in [0.5, 0.6) is 11.5 Å². The van der Waals surface area contributed by atoms with Crippen LogP contribution in [0.25, 0.3) is 0 Å². The molecule has 0 N–H and O–H groups in total. The zero-order valence-electron chi connectivity index (χ0n) is 13.2. The van der Waals surface area contributed by atoms with Gasteiger partial charge in [-0.15, -0.1) is 0 Å². The molecular formula is C18H19Cl3O2. The summed E-state index contributed by atoms with van der Waals surface area (Å²) in [6.45, 7) is 3.96. The molecule has 2 aromatic carbocycles. The fourth-order valence-corrected chi connectivity index (χ4v) is 3.13. The minimum atomic E-state index is -1.46. The lowest BCUT2D eigenvalue weighted by atomic mass is 9.92. The fraction of sp³-hybridized carbons (Fsp3) is 0.333. The molecule has 23 heavy (non-hydrogen) atoms. The van der Waals surface area contributed by atoms with Crippen molar-refractivity contribution in [3.05, 3.63) is 59.7 Å². The van der Waals surface area contributed by atoms with Gasteiger partial charge in [0.2, 0.25) is 3.79 Å². The Balaban J connectivity index is 2.35. The first-order valence-electron chi connectivity index (χ1n) is 7.28. The molecule has 0 fully saturated rings. The standard InChI is InChI=1S/C18H19Cl3O2/c1-12(2)23-16-10-6-14(7-11-16)17(18(19,20)21)13-4-8-15(22-3)9-5-13/h4-12,17H,1-3H3/t17-/m0/s1. The molecule has 124 valence electrons. The molecule has 0 aliphatic heterocycles. The molecule has 5 heteroatoms. The lowest BCUT2D eigenvalue weighted by Gasteiger charge is -2.26. The summed E-state index contributed by atoms with van der Waals surface area (Å²) in [7, 11) is 1.62. The van der Waals surface area contributed by atoms with Gasteiger partial charge in [-0.25, -0.2) is 0 Å². The summed E-state index contributed by atoms with van der Waals surface area (Å²) in [6, 6.07) is 15.2. The predicted octanol–water partition coefficient (Wildman–Crippen LogP) is 5.98. The molecule has 0 saturated carbocycles. The third-order valence-electron chi connectivity index (χ3n) is 3.36. The molecule has 2 aromatic rings. The average molecular weight is 374 g/mol. The number of alkyl halides is 3. The van der Waals surface area contributed by atoms with Gasteiger partial charge in [0.05, 0.1) is 19.1 Å². The van der Waals surface area contributed by atoms with Crippen LogP contribution in [-0.4, -0.2) is 17.0 Å². The molecular weight excluding hydrogens is 355 g/mol. The van der Waals surface area contributed by atoms with Gasteiger partial charge in [0.15, 0.2) is 0 Å². The first-order chi connectivity index (χ1) is 10.8. The molecule has 0 heterocycles. The van der Waals surface area contributed by atoms with Crippen LogP contribution in [0, 0.1) is 0 Å². The molecule has 0 aliphatic carbocycles. The van der Waals surface area contributed by atoms with E-state index in [4.69, 9.17) is 44.3 Å². The molecule has 2 nitrogen and oxygen atoms in total. The van der Waals surface area contributed by atoms with Crippen molar-refractivity contribution in [3.63, 3.8) is 0 Å². The number of benzene rings is 2. The van der Waals surface area contributed by atoms with Crippen molar-refractivity contribution >= 4 is 34.8 Å². The van der Waals surface area contributed by atoms with Crippen molar-refractivity contribution in [3.8, 4) is 11.5 Å². The molecule has 0 saturated heterocycles. The Morgan fingerprint density at radius 1 is 0.783 bits per heavy atom. The molecule has 2 rings (SSSR count). The van der Waals surface area contributed by atoms with Crippen molar-refractivity contribution in [2.24, 2.45) is 0 Å². The molecule has 0 unspecified atom stereocenters. The van der Waals surface area contributed by atoms with Crippen LogP contribution in [0.15, 0.2) is 48.5 Å². The smallest absolute Gasteiger partial charge is 0.201 e. The third-order valence-corrected chi connectivity index (χ3v) is 4.02. The highest BCUT2D eigenvalue weighted by Gasteiger charge is 2.35. The Kier molecular flexibility index (Phi) is 6.07. The lowest BCUT2D eigenvalue weighted by molar-refractivity contribution is 0.242. The van der Waals surface area contributed by atoms with Gasteiger partial charge in [0, 0.05) is 0 Å². The summed E-state index contributed by atoms with van der Waals surface area (Å²) in [5.74, 6) is 1.17. The second-order valence-corrected chi connectivity index (χ2v) is 7.85. The highest BCUT2D eigenvalue weighted by molar-refractivity contribution is 6.68. The second-order valence-electron chi connectivity index (χ2n) is 5.48. The minimum Gasteiger partial charge on any atom is -0.497 e. The number of hydrogen-bond donors (Lipinski definition) is 0. The molecule has 0 radical (unpaired) electrons. The minimum absolute atomic E-state index is 0.117. The average Bonchev–Trinajstić information content (AvgIpc) is 2.48. The molecule has 0 bridgehead atoms. The van der Waals surface area contributed by atoms with E-state index in [1.807, 2.05) is 62.4 Å². The molecule has 0 amide bonds. The van der Waals surface area contributed by atoms with E-state index in [-0.39, 0.29) is 12.0 Å². The predicted molar refractivity (Wildman–Crippen MR) is 97.3 cm³/mol. The summed E-state index contributed by atoms with van der Waals surface area (Å²) >= 11 is 18.7. The van der Waals surface area contributed by atoms with Gasteiger partial charge in [-0.05, 0) is 49.2 Å². The summed E-state index contributed by atoms with van der Waals surface area (Å²) in [4.78, 5) is 0. The maximum atomic E-state index is 6.23. The van der Waals surface area contributed by atoms with Crippen LogP contribution in [0.1, 0.15) is 30.9 Å². The van der Waals surface area contributed by atoms with E-state index in [0.717, 1.165) is 22.6 Å². The van der Waals surface area contributed by atoms with E-state index in [9.17, 15) is 0 Å². The number of halogens is 3. The Bertz CT molecular complexity index is 616. The van der Waals surface area contributed by atoms with Crippen molar-refractivity contribution < 1.29 is 9.47 Å². The first-order valence-corrected chi connectivity index (χ1v) is 8.42. The zero-order valence-corrected chi connectivity index (χ0v) is 15.5. The van der Waals surface area contributed by atoms with Gasteiger partial charge in [-0.3, -0.25) is 0 Å². The van der Waals surface area contributed by atoms with E-state index in [0.29, 0.717) is 0 Å². The van der Waals surface area contributed by atoms with Gasteiger partial charge in [0.1, 0.15) is 11.5 Å². The van der Waals surface area contributed by atoms with Gasteiger partial charge in [-0.2, -0.15) is 0 Å². The number of ether oxygens (including phenoxy) is 2. The largest absolute Gasteiger partial charge is 0.497 e. The maximum absolute atomic E-state index is 6.23. The zero-order chi connectivity index (χ0) is 17.0. The number of hydrogen-bond acceptors (Lipinski definition) is 2. The number of rotatable bonds is 5. The van der Waals surface area contributed by atoms with Crippen LogP contribution < -0.4 is 9.47 Å². The summed E-state index contributed by atoms with van der Waals surface area (Å²) in [5.41, 5.74) is 1.81. The van der Waals surface area contributed by atoms with E-state index < -0.39 is 3.79 Å². The molecule has 0 aromatic heterocycles. The van der Waals surface area contributed by atoms with Crippen LogP contribution >= 0.6 is 34.8 Å². The SMILES string of the molecule is COc1ccc([C@@H](c2ccc(OC(C)C)cc2)C(Cl)(Cl)Cl)cc1. The molecule has 0 aliphatic rings. The van der Waals surface area contributed by atoms with Crippen molar-refractivity contribution in [2.75, 3.05) is 7.11 Å². The Labute approximate surface area is 152 Å².